The van der Waals surface area contributed by atoms with Crippen LogP contribution in [0.1, 0.15) is 47.0 Å². The van der Waals surface area contributed by atoms with Crippen molar-refractivity contribution in [2.75, 3.05) is 19.6 Å². The number of rotatable bonds is 6. The molecule has 0 radical (unpaired) electrons. The Bertz CT molecular complexity index is 168. The molecule has 90 valence electrons. The lowest BCUT2D eigenvalue weighted by atomic mass is 10.0. The van der Waals surface area contributed by atoms with Gasteiger partial charge in [0.25, 0.3) is 0 Å². The molecule has 1 saturated heterocycles. The number of likely N-dealkylation sites (tertiary alicyclic amines) is 1. The van der Waals surface area contributed by atoms with Gasteiger partial charge in [0.1, 0.15) is 0 Å². The minimum Gasteiger partial charge on any atom is -0.312 e. The molecule has 2 atom stereocenters. The Morgan fingerprint density at radius 3 is 2.60 bits per heavy atom. The van der Waals surface area contributed by atoms with Crippen molar-refractivity contribution in [1.29, 1.82) is 0 Å². The molecular formula is C13H28N2. The fraction of sp³-hybridized carbons (Fsp3) is 1.00. The van der Waals surface area contributed by atoms with Crippen LogP contribution in [0, 0.1) is 5.92 Å². The smallest absolute Gasteiger partial charge is 0.0221 e. The van der Waals surface area contributed by atoms with Gasteiger partial charge in [0.15, 0.2) is 0 Å². The first kappa shape index (κ1) is 13.0. The van der Waals surface area contributed by atoms with Gasteiger partial charge >= 0.3 is 0 Å². The zero-order chi connectivity index (χ0) is 11.3. The Labute approximate surface area is 95.4 Å². The van der Waals surface area contributed by atoms with Gasteiger partial charge in [-0.2, -0.15) is 0 Å². The van der Waals surface area contributed by atoms with E-state index in [1.807, 2.05) is 0 Å². The zero-order valence-corrected chi connectivity index (χ0v) is 10.9. The van der Waals surface area contributed by atoms with Gasteiger partial charge in [-0.25, -0.2) is 0 Å². The summed E-state index contributed by atoms with van der Waals surface area (Å²) in [5, 5.41) is 3.73. The van der Waals surface area contributed by atoms with Crippen molar-refractivity contribution < 1.29 is 0 Å². The van der Waals surface area contributed by atoms with E-state index in [1.165, 1.54) is 38.9 Å². The summed E-state index contributed by atoms with van der Waals surface area (Å²) in [7, 11) is 0. The maximum atomic E-state index is 3.73. The van der Waals surface area contributed by atoms with Crippen LogP contribution in [-0.4, -0.2) is 36.6 Å². The summed E-state index contributed by atoms with van der Waals surface area (Å²) >= 11 is 0. The van der Waals surface area contributed by atoms with Crippen LogP contribution in [-0.2, 0) is 0 Å². The maximum Gasteiger partial charge on any atom is 0.0221 e. The van der Waals surface area contributed by atoms with Crippen LogP contribution in [0.2, 0.25) is 0 Å². The average molecular weight is 212 g/mol. The quantitative estimate of drug-likeness (QED) is 0.728. The summed E-state index contributed by atoms with van der Waals surface area (Å²) in [5.74, 6) is 0.756. The second-order valence-corrected chi connectivity index (χ2v) is 5.09. The predicted octanol–water partition coefficient (Wildman–Crippen LogP) is 2.49. The van der Waals surface area contributed by atoms with E-state index < -0.39 is 0 Å². The molecule has 2 heteroatoms. The lowest BCUT2D eigenvalue weighted by Gasteiger charge is -2.27. The van der Waals surface area contributed by atoms with Crippen LogP contribution in [0.15, 0.2) is 0 Å². The second kappa shape index (κ2) is 6.49. The average Bonchev–Trinajstić information content (AvgIpc) is 2.65. The van der Waals surface area contributed by atoms with Crippen molar-refractivity contribution in [3.05, 3.63) is 0 Å². The molecule has 1 heterocycles. The van der Waals surface area contributed by atoms with E-state index >= 15 is 0 Å². The van der Waals surface area contributed by atoms with Crippen LogP contribution in [0.3, 0.4) is 0 Å². The third kappa shape index (κ3) is 3.76. The first-order valence-corrected chi connectivity index (χ1v) is 6.66. The Balaban J connectivity index is 2.28. The fourth-order valence-electron chi connectivity index (χ4n) is 2.68. The highest BCUT2D eigenvalue weighted by molar-refractivity contribution is 4.82. The highest BCUT2D eigenvalue weighted by atomic mass is 15.2. The molecular weight excluding hydrogens is 184 g/mol. The largest absolute Gasteiger partial charge is 0.312 e. The molecule has 0 aromatic carbocycles. The lowest BCUT2D eigenvalue weighted by Crippen LogP contribution is -2.43. The SMILES string of the molecule is CC[C@@H](NC[C@@H]1CCCN1CC)C(C)C. The molecule has 0 spiro atoms. The summed E-state index contributed by atoms with van der Waals surface area (Å²) in [6.07, 6.45) is 4.02. The molecule has 1 rings (SSSR count). The van der Waals surface area contributed by atoms with Gasteiger partial charge in [-0.15, -0.1) is 0 Å². The molecule has 2 nitrogen and oxygen atoms in total. The molecule has 0 saturated carbocycles. The normalized spacial score (nSPS) is 25.0. The number of nitrogens with one attached hydrogen (secondary N) is 1. The van der Waals surface area contributed by atoms with Crippen molar-refractivity contribution >= 4 is 0 Å². The number of hydrogen-bond donors (Lipinski definition) is 1. The topological polar surface area (TPSA) is 15.3 Å². The van der Waals surface area contributed by atoms with Gasteiger partial charge in [0.2, 0.25) is 0 Å². The van der Waals surface area contributed by atoms with Crippen LogP contribution < -0.4 is 5.32 Å². The molecule has 15 heavy (non-hydrogen) atoms. The first-order chi connectivity index (χ1) is 7.19. The predicted molar refractivity (Wildman–Crippen MR) is 67.2 cm³/mol. The van der Waals surface area contributed by atoms with E-state index in [1.54, 1.807) is 0 Å². The molecule has 0 amide bonds. The van der Waals surface area contributed by atoms with Gasteiger partial charge in [0.05, 0.1) is 0 Å². The second-order valence-electron chi connectivity index (χ2n) is 5.09. The summed E-state index contributed by atoms with van der Waals surface area (Å²) in [4.78, 5) is 2.61. The molecule has 1 fully saturated rings. The van der Waals surface area contributed by atoms with Gasteiger partial charge in [-0.1, -0.05) is 27.7 Å². The third-order valence-electron chi connectivity index (χ3n) is 3.77. The maximum absolute atomic E-state index is 3.73. The minimum absolute atomic E-state index is 0.698. The lowest BCUT2D eigenvalue weighted by molar-refractivity contribution is 0.244. The molecule has 1 aliphatic rings. The summed E-state index contributed by atoms with van der Waals surface area (Å²) in [5.41, 5.74) is 0. The Morgan fingerprint density at radius 1 is 1.33 bits per heavy atom. The molecule has 0 aromatic heterocycles. The molecule has 1 N–H and O–H groups in total. The van der Waals surface area contributed by atoms with E-state index in [0.29, 0.717) is 6.04 Å². The molecule has 0 aromatic rings. The molecule has 0 bridgehead atoms. The number of hydrogen-bond acceptors (Lipinski definition) is 2. The standard InChI is InChI=1S/C13H28N2/c1-5-13(11(3)4)14-10-12-8-7-9-15(12)6-2/h11-14H,5-10H2,1-4H3/t12-,13+/m0/s1. The van der Waals surface area contributed by atoms with Gasteiger partial charge in [-0.05, 0) is 38.3 Å². The van der Waals surface area contributed by atoms with E-state index in [-0.39, 0.29) is 0 Å². The van der Waals surface area contributed by atoms with E-state index in [0.717, 1.165) is 12.0 Å². The van der Waals surface area contributed by atoms with Crippen molar-refractivity contribution in [2.45, 2.75) is 59.0 Å². The Hall–Kier alpha value is -0.0800. The van der Waals surface area contributed by atoms with Gasteiger partial charge < -0.3 is 5.32 Å². The minimum atomic E-state index is 0.698. The van der Waals surface area contributed by atoms with Crippen LogP contribution in [0.4, 0.5) is 0 Å². The number of likely N-dealkylation sites (N-methyl/N-ethyl adjacent to an activating group) is 1. The number of nitrogens with zero attached hydrogens (tertiary/aromatic N) is 1. The highest BCUT2D eigenvalue weighted by Gasteiger charge is 2.23. The Morgan fingerprint density at radius 2 is 2.07 bits per heavy atom. The van der Waals surface area contributed by atoms with Crippen LogP contribution >= 0.6 is 0 Å². The van der Waals surface area contributed by atoms with E-state index in [9.17, 15) is 0 Å². The summed E-state index contributed by atoms with van der Waals surface area (Å²) in [6, 6.07) is 1.49. The third-order valence-corrected chi connectivity index (χ3v) is 3.77. The summed E-state index contributed by atoms with van der Waals surface area (Å²) in [6.45, 7) is 12.9. The fourth-order valence-corrected chi connectivity index (χ4v) is 2.68. The molecule has 1 aliphatic heterocycles. The van der Waals surface area contributed by atoms with Crippen molar-refractivity contribution in [2.24, 2.45) is 5.92 Å². The van der Waals surface area contributed by atoms with E-state index in [2.05, 4.69) is 37.9 Å². The Kier molecular flexibility index (Phi) is 5.62. The van der Waals surface area contributed by atoms with E-state index in [4.69, 9.17) is 0 Å². The molecule has 0 aliphatic carbocycles. The molecule has 0 unspecified atom stereocenters. The monoisotopic (exact) mass is 212 g/mol. The highest BCUT2D eigenvalue weighted by Crippen LogP contribution is 2.16. The van der Waals surface area contributed by atoms with Crippen molar-refractivity contribution in [1.82, 2.24) is 10.2 Å². The van der Waals surface area contributed by atoms with Crippen molar-refractivity contribution in [3.63, 3.8) is 0 Å². The van der Waals surface area contributed by atoms with Crippen LogP contribution in [0.25, 0.3) is 0 Å². The summed E-state index contributed by atoms with van der Waals surface area (Å²) < 4.78 is 0. The van der Waals surface area contributed by atoms with Crippen molar-refractivity contribution in [3.8, 4) is 0 Å². The first-order valence-electron chi connectivity index (χ1n) is 6.66. The van der Waals surface area contributed by atoms with Crippen LogP contribution in [0.5, 0.6) is 0 Å². The zero-order valence-electron chi connectivity index (χ0n) is 10.9. The van der Waals surface area contributed by atoms with Gasteiger partial charge in [-0.3, -0.25) is 4.90 Å². The van der Waals surface area contributed by atoms with Gasteiger partial charge in [0, 0.05) is 18.6 Å².